The van der Waals surface area contributed by atoms with Crippen molar-refractivity contribution in [2.75, 3.05) is 44.7 Å². The predicted molar refractivity (Wildman–Crippen MR) is 65.0 cm³/mol. The fourth-order valence-electron chi connectivity index (χ4n) is 1.65. The molecule has 1 aliphatic heterocycles. The quantitative estimate of drug-likeness (QED) is 0.867. The van der Waals surface area contributed by atoms with Gasteiger partial charge in [0, 0.05) is 32.4 Å². The van der Waals surface area contributed by atoms with Crippen molar-refractivity contribution in [1.29, 1.82) is 0 Å². The number of halogens is 1. The fraction of sp³-hybridized carbons (Fsp3) is 0.545. The average molecular weight is 242 g/mol. The van der Waals surface area contributed by atoms with E-state index in [-0.39, 0.29) is 0 Å². The predicted octanol–water partition coefficient (Wildman–Crippen LogP) is 1.48. The molecule has 0 radical (unpaired) electrons. The van der Waals surface area contributed by atoms with Gasteiger partial charge in [-0.1, -0.05) is 11.6 Å². The maximum Gasteiger partial charge on any atom is 0.126 e. The molecule has 5 heteroatoms. The molecule has 0 aromatic carbocycles. The Morgan fingerprint density at radius 1 is 1.38 bits per heavy atom. The monoisotopic (exact) mass is 241 g/mol. The number of hydrogen-bond acceptors (Lipinski definition) is 4. The molecule has 2 rings (SSSR count). The number of anilines is 1. The molecule has 1 aromatic heterocycles. The lowest BCUT2D eigenvalue weighted by Crippen LogP contribution is -2.39. The minimum absolute atomic E-state index is 0.665. The van der Waals surface area contributed by atoms with Crippen LogP contribution in [-0.4, -0.2) is 49.3 Å². The molecule has 4 nitrogen and oxygen atoms in total. The van der Waals surface area contributed by atoms with Crippen molar-refractivity contribution in [3.05, 3.63) is 23.4 Å². The Hall–Kier alpha value is -0.840. The molecule has 1 aliphatic rings. The Labute approximate surface area is 101 Å². The van der Waals surface area contributed by atoms with E-state index < -0.39 is 0 Å². The van der Waals surface area contributed by atoms with E-state index >= 15 is 0 Å². The summed E-state index contributed by atoms with van der Waals surface area (Å²) in [6, 6.07) is 3.73. The summed E-state index contributed by atoms with van der Waals surface area (Å²) in [5.41, 5.74) is 0. The second-order valence-corrected chi connectivity index (χ2v) is 4.18. The Balaban J connectivity index is 1.69. The molecule has 0 aliphatic carbocycles. The SMILES string of the molecule is Clc1ccc(NCCN2CCOCC2)nc1. The first-order valence-electron chi connectivity index (χ1n) is 5.50. The minimum Gasteiger partial charge on any atom is -0.379 e. The van der Waals surface area contributed by atoms with Crippen molar-refractivity contribution in [2.24, 2.45) is 0 Å². The molecule has 1 saturated heterocycles. The molecule has 1 N–H and O–H groups in total. The molecule has 0 saturated carbocycles. The molecular weight excluding hydrogens is 226 g/mol. The number of rotatable bonds is 4. The Kier molecular flexibility index (Phi) is 4.39. The van der Waals surface area contributed by atoms with Gasteiger partial charge in [-0.25, -0.2) is 4.98 Å². The fourth-order valence-corrected chi connectivity index (χ4v) is 1.76. The normalized spacial score (nSPS) is 17.3. The summed E-state index contributed by atoms with van der Waals surface area (Å²) in [7, 11) is 0. The lowest BCUT2D eigenvalue weighted by atomic mass is 10.4. The highest BCUT2D eigenvalue weighted by Gasteiger charge is 2.08. The second kappa shape index (κ2) is 6.03. The van der Waals surface area contributed by atoms with Crippen LogP contribution in [0.5, 0.6) is 0 Å². The summed E-state index contributed by atoms with van der Waals surface area (Å²) in [5, 5.41) is 3.93. The number of morpholine rings is 1. The molecule has 16 heavy (non-hydrogen) atoms. The van der Waals surface area contributed by atoms with E-state index in [0.717, 1.165) is 45.2 Å². The van der Waals surface area contributed by atoms with Crippen LogP contribution in [0.4, 0.5) is 5.82 Å². The van der Waals surface area contributed by atoms with Gasteiger partial charge in [0.15, 0.2) is 0 Å². The van der Waals surface area contributed by atoms with Gasteiger partial charge in [-0.3, -0.25) is 4.90 Å². The van der Waals surface area contributed by atoms with Gasteiger partial charge in [-0.05, 0) is 12.1 Å². The van der Waals surface area contributed by atoms with E-state index in [9.17, 15) is 0 Å². The zero-order valence-corrected chi connectivity index (χ0v) is 9.91. The van der Waals surface area contributed by atoms with Crippen LogP contribution in [0.1, 0.15) is 0 Å². The third kappa shape index (κ3) is 3.63. The molecule has 88 valence electrons. The van der Waals surface area contributed by atoms with Crippen LogP contribution >= 0.6 is 11.6 Å². The van der Waals surface area contributed by atoms with Crippen LogP contribution in [0.25, 0.3) is 0 Å². The number of aromatic nitrogens is 1. The Morgan fingerprint density at radius 2 is 2.19 bits per heavy atom. The Bertz CT molecular complexity index is 312. The number of nitrogens with zero attached hydrogens (tertiary/aromatic N) is 2. The number of pyridine rings is 1. The number of hydrogen-bond donors (Lipinski definition) is 1. The van der Waals surface area contributed by atoms with E-state index in [1.54, 1.807) is 6.20 Å². The molecular formula is C11H16ClN3O. The number of nitrogens with one attached hydrogen (secondary N) is 1. The van der Waals surface area contributed by atoms with Crippen molar-refractivity contribution in [1.82, 2.24) is 9.88 Å². The van der Waals surface area contributed by atoms with Crippen molar-refractivity contribution in [3.63, 3.8) is 0 Å². The smallest absolute Gasteiger partial charge is 0.126 e. The van der Waals surface area contributed by atoms with E-state index in [0.29, 0.717) is 5.02 Å². The molecule has 2 heterocycles. The summed E-state index contributed by atoms with van der Waals surface area (Å²) in [6.07, 6.45) is 1.65. The van der Waals surface area contributed by atoms with Crippen LogP contribution in [0, 0.1) is 0 Å². The summed E-state index contributed by atoms with van der Waals surface area (Å²) >= 11 is 5.76. The lowest BCUT2D eigenvalue weighted by Gasteiger charge is -2.26. The molecule has 0 amide bonds. The van der Waals surface area contributed by atoms with Gasteiger partial charge in [0.25, 0.3) is 0 Å². The zero-order chi connectivity index (χ0) is 11.2. The van der Waals surface area contributed by atoms with Gasteiger partial charge in [-0.2, -0.15) is 0 Å². The van der Waals surface area contributed by atoms with Crippen molar-refractivity contribution < 1.29 is 4.74 Å². The maximum atomic E-state index is 5.76. The van der Waals surface area contributed by atoms with Gasteiger partial charge >= 0.3 is 0 Å². The standard InChI is InChI=1S/C11H16ClN3O/c12-10-1-2-11(14-9-10)13-3-4-15-5-7-16-8-6-15/h1-2,9H,3-8H2,(H,13,14). The molecule has 0 atom stereocenters. The van der Waals surface area contributed by atoms with Gasteiger partial charge < -0.3 is 10.1 Å². The summed E-state index contributed by atoms with van der Waals surface area (Å²) in [4.78, 5) is 6.56. The molecule has 0 unspecified atom stereocenters. The van der Waals surface area contributed by atoms with Crippen molar-refractivity contribution in [3.8, 4) is 0 Å². The first kappa shape index (κ1) is 11.6. The van der Waals surface area contributed by atoms with Crippen LogP contribution in [0.2, 0.25) is 5.02 Å². The van der Waals surface area contributed by atoms with Gasteiger partial charge in [0.2, 0.25) is 0 Å². The third-order valence-electron chi connectivity index (χ3n) is 2.57. The zero-order valence-electron chi connectivity index (χ0n) is 9.16. The van der Waals surface area contributed by atoms with E-state index in [2.05, 4.69) is 15.2 Å². The van der Waals surface area contributed by atoms with E-state index in [1.807, 2.05) is 12.1 Å². The summed E-state index contributed by atoms with van der Waals surface area (Å²) in [5.74, 6) is 0.873. The summed E-state index contributed by atoms with van der Waals surface area (Å²) in [6.45, 7) is 5.66. The van der Waals surface area contributed by atoms with Crippen LogP contribution in [0.3, 0.4) is 0 Å². The second-order valence-electron chi connectivity index (χ2n) is 3.74. The molecule has 0 bridgehead atoms. The minimum atomic E-state index is 0.665. The van der Waals surface area contributed by atoms with E-state index in [1.165, 1.54) is 0 Å². The summed E-state index contributed by atoms with van der Waals surface area (Å²) < 4.78 is 5.29. The van der Waals surface area contributed by atoms with E-state index in [4.69, 9.17) is 16.3 Å². The lowest BCUT2D eigenvalue weighted by molar-refractivity contribution is 0.0398. The first-order valence-corrected chi connectivity index (χ1v) is 5.88. The Morgan fingerprint density at radius 3 is 2.88 bits per heavy atom. The van der Waals surface area contributed by atoms with Gasteiger partial charge in [-0.15, -0.1) is 0 Å². The highest BCUT2D eigenvalue weighted by atomic mass is 35.5. The largest absolute Gasteiger partial charge is 0.379 e. The van der Waals surface area contributed by atoms with Crippen molar-refractivity contribution >= 4 is 17.4 Å². The van der Waals surface area contributed by atoms with Crippen molar-refractivity contribution in [2.45, 2.75) is 0 Å². The van der Waals surface area contributed by atoms with Crippen LogP contribution in [-0.2, 0) is 4.74 Å². The maximum absolute atomic E-state index is 5.76. The topological polar surface area (TPSA) is 37.4 Å². The highest BCUT2D eigenvalue weighted by molar-refractivity contribution is 6.30. The van der Waals surface area contributed by atoms with Gasteiger partial charge in [0.05, 0.1) is 18.2 Å². The molecule has 0 spiro atoms. The van der Waals surface area contributed by atoms with Gasteiger partial charge in [0.1, 0.15) is 5.82 Å². The first-order chi connectivity index (χ1) is 7.84. The molecule has 1 fully saturated rings. The van der Waals surface area contributed by atoms with Crippen LogP contribution < -0.4 is 5.32 Å². The average Bonchev–Trinajstić information content (AvgIpc) is 2.33. The highest BCUT2D eigenvalue weighted by Crippen LogP contribution is 2.09. The third-order valence-corrected chi connectivity index (χ3v) is 2.79. The molecule has 1 aromatic rings. The van der Waals surface area contributed by atoms with Crippen LogP contribution in [0.15, 0.2) is 18.3 Å². The number of ether oxygens (including phenoxy) is 1.